The Kier molecular flexibility index (Phi) is 6.48. The minimum Gasteiger partial charge on any atom is -0.495 e. The maximum Gasteiger partial charge on any atom is 0.148 e. The summed E-state index contributed by atoms with van der Waals surface area (Å²) in [4.78, 5) is 0. The first kappa shape index (κ1) is 15.3. The van der Waals surface area contributed by atoms with Crippen molar-refractivity contribution in [1.29, 1.82) is 0 Å². The Morgan fingerprint density at radius 2 is 2.06 bits per heavy atom. The minimum absolute atomic E-state index is 0.0941. The van der Waals surface area contributed by atoms with Gasteiger partial charge in [-0.3, -0.25) is 0 Å². The van der Waals surface area contributed by atoms with Crippen LogP contribution in [0.4, 0.5) is 4.39 Å². The summed E-state index contributed by atoms with van der Waals surface area (Å²) in [6.07, 6.45) is 5.33. The van der Waals surface area contributed by atoms with E-state index < -0.39 is 0 Å². The van der Waals surface area contributed by atoms with Crippen LogP contribution in [-0.4, -0.2) is 7.11 Å². The molecule has 1 rings (SSSR count). The highest BCUT2D eigenvalue weighted by Crippen LogP contribution is 2.30. The Labute approximate surface area is 114 Å². The maximum atomic E-state index is 13.9. The van der Waals surface area contributed by atoms with Gasteiger partial charge < -0.3 is 4.74 Å². The summed E-state index contributed by atoms with van der Waals surface area (Å²) in [5, 5.41) is 0.0941. The lowest BCUT2D eigenvalue weighted by Gasteiger charge is -2.11. The Hall–Kier alpha value is -0.760. The smallest absolute Gasteiger partial charge is 0.148 e. The summed E-state index contributed by atoms with van der Waals surface area (Å²) in [5.41, 5.74) is 0.685. The molecule has 0 N–H and O–H groups in total. The number of ether oxygens (including phenoxy) is 1. The number of halogens is 2. The van der Waals surface area contributed by atoms with E-state index in [0.717, 1.165) is 19.3 Å². The van der Waals surface area contributed by atoms with Crippen molar-refractivity contribution >= 4 is 11.6 Å². The average molecular weight is 273 g/mol. The van der Waals surface area contributed by atoms with Crippen LogP contribution in [0.15, 0.2) is 12.1 Å². The molecule has 1 aromatic rings. The lowest BCUT2D eigenvalue weighted by Crippen LogP contribution is -1.98. The van der Waals surface area contributed by atoms with Crippen molar-refractivity contribution in [3.05, 3.63) is 28.5 Å². The third kappa shape index (κ3) is 4.16. The molecule has 0 saturated carbocycles. The van der Waals surface area contributed by atoms with Crippen LogP contribution < -0.4 is 4.74 Å². The number of hydrogen-bond acceptors (Lipinski definition) is 1. The molecule has 102 valence electrons. The van der Waals surface area contributed by atoms with Crippen molar-refractivity contribution in [2.24, 2.45) is 5.92 Å². The van der Waals surface area contributed by atoms with Crippen LogP contribution in [0.3, 0.4) is 0 Å². The van der Waals surface area contributed by atoms with E-state index in [4.69, 9.17) is 16.3 Å². The fourth-order valence-electron chi connectivity index (χ4n) is 2.20. The Bertz CT molecular complexity index is 379. The molecule has 1 atom stereocenters. The van der Waals surface area contributed by atoms with E-state index in [0.29, 0.717) is 17.2 Å². The van der Waals surface area contributed by atoms with Gasteiger partial charge in [-0.2, -0.15) is 0 Å². The molecule has 0 radical (unpaired) electrons. The highest BCUT2D eigenvalue weighted by atomic mass is 35.5. The van der Waals surface area contributed by atoms with Crippen LogP contribution in [0.2, 0.25) is 5.02 Å². The zero-order valence-corrected chi connectivity index (χ0v) is 12.2. The van der Waals surface area contributed by atoms with E-state index in [2.05, 4.69) is 13.8 Å². The van der Waals surface area contributed by atoms with E-state index in [1.807, 2.05) is 0 Å². The van der Waals surface area contributed by atoms with Gasteiger partial charge in [-0.05, 0) is 30.4 Å². The molecular weight excluding hydrogens is 251 g/mol. The molecule has 18 heavy (non-hydrogen) atoms. The van der Waals surface area contributed by atoms with Crippen molar-refractivity contribution in [2.45, 2.75) is 46.0 Å². The largest absolute Gasteiger partial charge is 0.495 e. The van der Waals surface area contributed by atoms with E-state index in [1.165, 1.54) is 20.0 Å². The molecular formula is C15H22ClFO. The summed E-state index contributed by atoms with van der Waals surface area (Å²) in [5.74, 6) is 0.781. The summed E-state index contributed by atoms with van der Waals surface area (Å²) < 4.78 is 18.9. The van der Waals surface area contributed by atoms with Crippen LogP contribution >= 0.6 is 11.6 Å². The van der Waals surface area contributed by atoms with Gasteiger partial charge in [0.2, 0.25) is 0 Å². The third-order valence-electron chi connectivity index (χ3n) is 3.27. The van der Waals surface area contributed by atoms with Crippen LogP contribution in [0.25, 0.3) is 0 Å². The monoisotopic (exact) mass is 272 g/mol. The second kappa shape index (κ2) is 7.63. The second-order valence-electron chi connectivity index (χ2n) is 4.84. The number of aryl methyl sites for hydroxylation is 1. The van der Waals surface area contributed by atoms with Gasteiger partial charge in [0.15, 0.2) is 0 Å². The lowest BCUT2D eigenvalue weighted by atomic mass is 9.97. The molecule has 1 unspecified atom stereocenters. The van der Waals surface area contributed by atoms with Gasteiger partial charge in [0.25, 0.3) is 0 Å². The summed E-state index contributed by atoms with van der Waals surface area (Å²) in [7, 11) is 1.49. The second-order valence-corrected chi connectivity index (χ2v) is 5.22. The van der Waals surface area contributed by atoms with Gasteiger partial charge in [0.05, 0.1) is 7.11 Å². The summed E-state index contributed by atoms with van der Waals surface area (Å²) >= 11 is 5.89. The summed E-state index contributed by atoms with van der Waals surface area (Å²) in [6, 6.07) is 3.50. The zero-order chi connectivity index (χ0) is 13.5. The zero-order valence-electron chi connectivity index (χ0n) is 11.4. The molecule has 0 saturated heterocycles. The third-order valence-corrected chi connectivity index (χ3v) is 3.62. The fourth-order valence-corrected chi connectivity index (χ4v) is 2.46. The van der Waals surface area contributed by atoms with Gasteiger partial charge in [-0.1, -0.05) is 50.8 Å². The first-order chi connectivity index (χ1) is 8.60. The van der Waals surface area contributed by atoms with Crippen LogP contribution in [-0.2, 0) is 6.42 Å². The minimum atomic E-state index is -0.334. The van der Waals surface area contributed by atoms with E-state index in [1.54, 1.807) is 12.1 Å². The Morgan fingerprint density at radius 1 is 1.33 bits per heavy atom. The molecule has 0 bridgehead atoms. The first-order valence-electron chi connectivity index (χ1n) is 6.61. The van der Waals surface area contributed by atoms with Gasteiger partial charge in [0.1, 0.15) is 16.6 Å². The van der Waals surface area contributed by atoms with Crippen molar-refractivity contribution in [3.63, 3.8) is 0 Å². The SMILES string of the molecule is CCCC(C)CCCc1ccc(OC)c(Cl)c1F. The molecule has 0 aliphatic heterocycles. The van der Waals surface area contributed by atoms with Crippen molar-refractivity contribution in [3.8, 4) is 5.75 Å². The topological polar surface area (TPSA) is 9.23 Å². The quantitative estimate of drug-likeness (QED) is 0.659. The van der Waals surface area contributed by atoms with Gasteiger partial charge in [-0.25, -0.2) is 4.39 Å². The normalized spacial score (nSPS) is 12.5. The Balaban J connectivity index is 2.55. The standard InChI is InChI=1S/C15H22ClFO/c1-4-6-11(2)7-5-8-12-9-10-13(18-3)14(16)15(12)17/h9-11H,4-8H2,1-3H3. The van der Waals surface area contributed by atoms with E-state index >= 15 is 0 Å². The Morgan fingerprint density at radius 3 is 2.67 bits per heavy atom. The molecule has 1 aromatic carbocycles. The van der Waals surface area contributed by atoms with E-state index in [-0.39, 0.29) is 10.8 Å². The van der Waals surface area contributed by atoms with Crippen LogP contribution in [0, 0.1) is 11.7 Å². The molecule has 0 aliphatic rings. The van der Waals surface area contributed by atoms with E-state index in [9.17, 15) is 4.39 Å². The maximum absolute atomic E-state index is 13.9. The molecule has 0 amide bonds. The molecule has 0 fully saturated rings. The molecule has 0 spiro atoms. The molecule has 0 aromatic heterocycles. The average Bonchev–Trinajstić information content (AvgIpc) is 2.35. The number of methoxy groups -OCH3 is 1. The van der Waals surface area contributed by atoms with Crippen molar-refractivity contribution < 1.29 is 9.13 Å². The fraction of sp³-hybridized carbons (Fsp3) is 0.600. The number of rotatable bonds is 7. The van der Waals surface area contributed by atoms with Crippen LogP contribution in [0.1, 0.15) is 45.1 Å². The number of benzene rings is 1. The van der Waals surface area contributed by atoms with Gasteiger partial charge in [-0.15, -0.1) is 0 Å². The molecule has 3 heteroatoms. The first-order valence-corrected chi connectivity index (χ1v) is 6.98. The lowest BCUT2D eigenvalue weighted by molar-refractivity contribution is 0.410. The van der Waals surface area contributed by atoms with Gasteiger partial charge >= 0.3 is 0 Å². The highest BCUT2D eigenvalue weighted by molar-refractivity contribution is 6.32. The molecule has 1 nitrogen and oxygen atoms in total. The van der Waals surface area contributed by atoms with Crippen molar-refractivity contribution in [2.75, 3.05) is 7.11 Å². The molecule has 0 aliphatic carbocycles. The van der Waals surface area contributed by atoms with Crippen molar-refractivity contribution in [1.82, 2.24) is 0 Å². The van der Waals surface area contributed by atoms with Gasteiger partial charge in [0, 0.05) is 0 Å². The predicted molar refractivity (Wildman–Crippen MR) is 75.0 cm³/mol. The predicted octanol–water partition coefficient (Wildman–Crippen LogP) is 5.25. The highest BCUT2D eigenvalue weighted by Gasteiger charge is 2.12. The number of hydrogen-bond donors (Lipinski definition) is 0. The summed E-state index contributed by atoms with van der Waals surface area (Å²) in [6.45, 7) is 4.44. The molecule has 0 heterocycles. The van der Waals surface area contributed by atoms with Crippen LogP contribution in [0.5, 0.6) is 5.75 Å².